The van der Waals surface area contributed by atoms with Crippen molar-refractivity contribution >= 4 is 6.09 Å². The molecule has 0 aliphatic heterocycles. The van der Waals surface area contributed by atoms with Crippen LogP contribution in [0.15, 0.2) is 0 Å². The molecular formula is C16H29NO3. The van der Waals surface area contributed by atoms with Crippen LogP contribution in [0.3, 0.4) is 0 Å². The fourth-order valence-corrected chi connectivity index (χ4v) is 4.03. The number of carbonyl (C=O) groups is 1. The van der Waals surface area contributed by atoms with E-state index in [1.165, 1.54) is 6.42 Å². The molecular weight excluding hydrogens is 254 g/mol. The van der Waals surface area contributed by atoms with Crippen LogP contribution in [0.5, 0.6) is 0 Å². The van der Waals surface area contributed by atoms with Crippen LogP contribution in [0.25, 0.3) is 0 Å². The Balaban J connectivity index is 2.03. The highest BCUT2D eigenvalue weighted by molar-refractivity contribution is 5.68. The van der Waals surface area contributed by atoms with Crippen molar-refractivity contribution in [1.82, 2.24) is 5.32 Å². The van der Waals surface area contributed by atoms with Crippen LogP contribution in [-0.2, 0) is 4.74 Å². The van der Waals surface area contributed by atoms with Gasteiger partial charge in [0.2, 0.25) is 0 Å². The number of rotatable bonds is 3. The van der Waals surface area contributed by atoms with Crippen LogP contribution in [-0.4, -0.2) is 29.4 Å². The van der Waals surface area contributed by atoms with Crippen LogP contribution in [0, 0.1) is 23.2 Å². The van der Waals surface area contributed by atoms with Crippen LogP contribution in [0.4, 0.5) is 4.79 Å². The molecule has 116 valence electrons. The van der Waals surface area contributed by atoms with Crippen LogP contribution >= 0.6 is 0 Å². The zero-order chi connectivity index (χ0) is 15.1. The molecule has 0 aromatic rings. The summed E-state index contributed by atoms with van der Waals surface area (Å²) in [5, 5.41) is 12.3. The Morgan fingerprint density at radius 3 is 2.50 bits per heavy atom. The zero-order valence-corrected chi connectivity index (χ0v) is 13.4. The van der Waals surface area contributed by atoms with Gasteiger partial charge in [0.1, 0.15) is 5.60 Å². The van der Waals surface area contributed by atoms with E-state index in [0.717, 1.165) is 18.8 Å². The summed E-state index contributed by atoms with van der Waals surface area (Å²) in [5.74, 6) is 1.62. The number of carbonyl (C=O) groups excluding carboxylic acids is 1. The number of amides is 1. The largest absolute Gasteiger partial charge is 0.444 e. The minimum Gasteiger partial charge on any atom is -0.444 e. The lowest BCUT2D eigenvalue weighted by Crippen LogP contribution is -2.63. The second-order valence-corrected chi connectivity index (χ2v) is 8.04. The first-order valence-corrected chi connectivity index (χ1v) is 7.75. The van der Waals surface area contributed by atoms with E-state index < -0.39 is 5.60 Å². The minimum absolute atomic E-state index is 0.136. The van der Waals surface area contributed by atoms with Gasteiger partial charge in [0.15, 0.2) is 0 Å². The molecule has 0 aromatic carbocycles. The highest BCUT2D eigenvalue weighted by Gasteiger charge is 2.57. The Hall–Kier alpha value is -0.770. The summed E-state index contributed by atoms with van der Waals surface area (Å²) in [5.41, 5.74) is -0.172. The molecule has 3 fully saturated rings. The lowest BCUT2D eigenvalue weighted by molar-refractivity contribution is -0.117. The molecule has 3 saturated carbocycles. The van der Waals surface area contributed by atoms with E-state index in [9.17, 15) is 9.90 Å². The SMILES string of the molecule is CC(C)(C)OC(=O)N[C@H]1[C@@H](CCO)C[C@H]2C[C@@H]1C2(C)C. The average Bonchev–Trinajstić information content (AvgIpc) is 2.28. The van der Waals surface area contributed by atoms with Crippen molar-refractivity contribution in [3.63, 3.8) is 0 Å². The summed E-state index contributed by atoms with van der Waals surface area (Å²) in [6.07, 6.45) is 2.73. The second kappa shape index (κ2) is 5.21. The minimum atomic E-state index is -0.469. The van der Waals surface area contributed by atoms with E-state index in [0.29, 0.717) is 17.3 Å². The molecule has 0 heterocycles. The van der Waals surface area contributed by atoms with E-state index in [4.69, 9.17) is 4.74 Å². The summed E-state index contributed by atoms with van der Waals surface area (Å²) in [6, 6.07) is 0.136. The summed E-state index contributed by atoms with van der Waals surface area (Å²) >= 11 is 0. The van der Waals surface area contributed by atoms with Crippen LogP contribution in [0.2, 0.25) is 0 Å². The lowest BCUT2D eigenvalue weighted by atomic mass is 9.44. The normalized spacial score (nSPS) is 35.1. The Labute approximate surface area is 122 Å². The van der Waals surface area contributed by atoms with Gasteiger partial charge in [0.25, 0.3) is 0 Å². The molecule has 0 saturated heterocycles. The predicted molar refractivity (Wildman–Crippen MR) is 78.3 cm³/mol. The second-order valence-electron chi connectivity index (χ2n) is 8.04. The summed E-state index contributed by atoms with van der Waals surface area (Å²) in [4.78, 5) is 12.1. The van der Waals surface area contributed by atoms with E-state index in [1.54, 1.807) is 0 Å². The number of nitrogens with one attached hydrogen (secondary N) is 1. The molecule has 1 amide bonds. The molecule has 3 aliphatic carbocycles. The van der Waals surface area contributed by atoms with Crippen molar-refractivity contribution in [3.8, 4) is 0 Å². The van der Waals surface area contributed by atoms with E-state index in [2.05, 4.69) is 19.2 Å². The monoisotopic (exact) mass is 283 g/mol. The van der Waals surface area contributed by atoms with Gasteiger partial charge in [-0.1, -0.05) is 13.8 Å². The first kappa shape index (κ1) is 15.6. The topological polar surface area (TPSA) is 58.6 Å². The first-order valence-electron chi connectivity index (χ1n) is 7.75. The molecule has 4 atom stereocenters. The van der Waals surface area contributed by atoms with E-state index >= 15 is 0 Å². The maximum atomic E-state index is 12.1. The molecule has 0 spiro atoms. The maximum Gasteiger partial charge on any atom is 0.407 e. The number of aliphatic hydroxyl groups excluding tert-OH is 1. The number of aliphatic hydroxyl groups is 1. The van der Waals surface area contributed by atoms with Gasteiger partial charge >= 0.3 is 6.09 Å². The Kier molecular flexibility index (Phi) is 4.07. The van der Waals surface area contributed by atoms with Crippen molar-refractivity contribution in [2.75, 3.05) is 6.61 Å². The standard InChI is InChI=1S/C16H29NO3/c1-15(2,3)20-14(19)17-13-10(6-7-18)8-11-9-12(13)16(11,4)5/h10-13,18H,6-9H2,1-5H3,(H,17,19)/t10-,11-,12-,13-/m0/s1. The van der Waals surface area contributed by atoms with Crippen LogP contribution < -0.4 is 5.32 Å². The summed E-state index contributed by atoms with van der Waals surface area (Å²) < 4.78 is 5.39. The molecule has 0 radical (unpaired) electrons. The first-order chi connectivity index (χ1) is 9.15. The van der Waals surface area contributed by atoms with Gasteiger partial charge in [0.05, 0.1) is 0 Å². The molecule has 2 bridgehead atoms. The van der Waals surface area contributed by atoms with Gasteiger partial charge in [0, 0.05) is 12.6 Å². The quantitative estimate of drug-likeness (QED) is 0.837. The van der Waals surface area contributed by atoms with Crippen molar-refractivity contribution in [2.45, 2.75) is 65.5 Å². The van der Waals surface area contributed by atoms with E-state index in [1.807, 2.05) is 20.8 Å². The molecule has 3 aliphatic rings. The fourth-order valence-electron chi connectivity index (χ4n) is 4.03. The third-order valence-electron chi connectivity index (χ3n) is 5.26. The maximum absolute atomic E-state index is 12.1. The molecule has 0 aromatic heterocycles. The zero-order valence-electron chi connectivity index (χ0n) is 13.4. The summed E-state index contributed by atoms with van der Waals surface area (Å²) in [6.45, 7) is 10.4. The Bertz CT molecular complexity index is 372. The average molecular weight is 283 g/mol. The molecule has 2 N–H and O–H groups in total. The third kappa shape index (κ3) is 2.95. The molecule has 3 rings (SSSR count). The number of fused-ring (bicyclic) bond motifs is 2. The Morgan fingerprint density at radius 1 is 1.35 bits per heavy atom. The van der Waals surface area contributed by atoms with Gasteiger partial charge < -0.3 is 15.2 Å². The van der Waals surface area contributed by atoms with Gasteiger partial charge in [-0.3, -0.25) is 0 Å². The van der Waals surface area contributed by atoms with Gasteiger partial charge in [-0.25, -0.2) is 4.79 Å². The summed E-state index contributed by atoms with van der Waals surface area (Å²) in [7, 11) is 0. The van der Waals surface area contributed by atoms with Gasteiger partial charge in [-0.2, -0.15) is 0 Å². The van der Waals surface area contributed by atoms with Crippen LogP contribution in [0.1, 0.15) is 53.9 Å². The van der Waals surface area contributed by atoms with Crippen molar-refractivity contribution in [1.29, 1.82) is 0 Å². The highest BCUT2D eigenvalue weighted by atomic mass is 16.6. The number of hydrogen-bond acceptors (Lipinski definition) is 3. The Morgan fingerprint density at radius 2 is 2.00 bits per heavy atom. The van der Waals surface area contributed by atoms with E-state index in [-0.39, 0.29) is 18.7 Å². The smallest absolute Gasteiger partial charge is 0.407 e. The molecule has 4 heteroatoms. The number of alkyl carbamates (subject to hydrolysis) is 1. The lowest BCUT2D eigenvalue weighted by Gasteiger charge is -2.62. The number of ether oxygens (including phenoxy) is 1. The predicted octanol–water partition coefficient (Wildman–Crippen LogP) is 2.94. The van der Waals surface area contributed by atoms with Crippen molar-refractivity contribution in [3.05, 3.63) is 0 Å². The van der Waals surface area contributed by atoms with Gasteiger partial charge in [-0.15, -0.1) is 0 Å². The van der Waals surface area contributed by atoms with Gasteiger partial charge in [-0.05, 0) is 63.2 Å². The molecule has 0 unspecified atom stereocenters. The molecule has 4 nitrogen and oxygen atoms in total. The molecule has 20 heavy (non-hydrogen) atoms. The fraction of sp³-hybridized carbons (Fsp3) is 0.938. The highest BCUT2D eigenvalue weighted by Crippen LogP contribution is 2.61. The van der Waals surface area contributed by atoms with Crippen molar-refractivity contribution in [2.24, 2.45) is 23.2 Å². The number of hydrogen-bond donors (Lipinski definition) is 2. The third-order valence-corrected chi connectivity index (χ3v) is 5.26. The van der Waals surface area contributed by atoms with Crippen molar-refractivity contribution < 1.29 is 14.6 Å².